The smallest absolute Gasteiger partial charge is 0.242 e. The topological polar surface area (TPSA) is 71.0 Å². The highest BCUT2D eigenvalue weighted by Gasteiger charge is 2.39. The van der Waals surface area contributed by atoms with Gasteiger partial charge in [-0.05, 0) is 55.3 Å². The van der Waals surface area contributed by atoms with Crippen molar-refractivity contribution in [1.29, 1.82) is 0 Å². The average molecular weight is 474 g/mol. The first-order valence-electron chi connectivity index (χ1n) is 11.0. The number of para-hydroxylation sites is 1. The summed E-state index contributed by atoms with van der Waals surface area (Å²) in [5.74, 6) is 0.444. The van der Waals surface area contributed by atoms with Crippen molar-refractivity contribution in [2.24, 2.45) is 4.99 Å². The molecule has 3 aromatic carbocycles. The molecule has 1 fully saturated rings. The Labute approximate surface area is 204 Å². The first-order chi connectivity index (χ1) is 16.4. The van der Waals surface area contributed by atoms with Gasteiger partial charge in [0.05, 0.1) is 19.3 Å². The number of amides is 2. The second-order valence-electron chi connectivity index (χ2n) is 8.18. The van der Waals surface area contributed by atoms with Crippen LogP contribution in [-0.2, 0) is 16.1 Å². The van der Waals surface area contributed by atoms with Gasteiger partial charge in [-0.1, -0.05) is 59.8 Å². The van der Waals surface area contributed by atoms with Crippen LogP contribution >= 0.6 is 11.8 Å². The summed E-state index contributed by atoms with van der Waals surface area (Å²) in [5, 5.41) is 3.01. The third kappa shape index (κ3) is 5.66. The number of ether oxygens (including phenoxy) is 1. The predicted molar refractivity (Wildman–Crippen MR) is 138 cm³/mol. The number of carbonyl (C=O) groups excluding carboxylic acids is 2. The summed E-state index contributed by atoms with van der Waals surface area (Å²) >= 11 is 1.34. The molecule has 2 amide bonds. The molecular formula is C27H27N3O3S. The van der Waals surface area contributed by atoms with E-state index < -0.39 is 5.25 Å². The minimum absolute atomic E-state index is 0.0732. The molecule has 3 aromatic rings. The van der Waals surface area contributed by atoms with Crippen molar-refractivity contribution < 1.29 is 14.3 Å². The lowest BCUT2D eigenvalue weighted by Gasteiger charge is -2.17. The number of anilines is 1. The highest BCUT2D eigenvalue weighted by Crippen LogP contribution is 2.33. The van der Waals surface area contributed by atoms with E-state index in [1.165, 1.54) is 11.8 Å². The molecule has 34 heavy (non-hydrogen) atoms. The zero-order valence-corrected chi connectivity index (χ0v) is 20.3. The SMILES string of the molecule is COc1ccc(CN2C(=O)[C@@H](CC(=O)Nc3ccc(C)cc3C)SC2=Nc2ccccc2)cc1. The molecule has 1 N–H and O–H groups in total. The number of nitrogens with one attached hydrogen (secondary N) is 1. The van der Waals surface area contributed by atoms with Gasteiger partial charge in [-0.3, -0.25) is 14.5 Å². The Balaban J connectivity index is 1.53. The van der Waals surface area contributed by atoms with Crippen molar-refractivity contribution in [2.75, 3.05) is 12.4 Å². The van der Waals surface area contributed by atoms with Crippen LogP contribution in [-0.4, -0.2) is 34.2 Å². The second kappa shape index (κ2) is 10.6. The van der Waals surface area contributed by atoms with Gasteiger partial charge >= 0.3 is 0 Å². The van der Waals surface area contributed by atoms with Gasteiger partial charge in [-0.15, -0.1) is 0 Å². The van der Waals surface area contributed by atoms with Crippen LogP contribution < -0.4 is 10.1 Å². The number of thioether (sulfide) groups is 1. The van der Waals surface area contributed by atoms with Crippen LogP contribution in [0.5, 0.6) is 5.75 Å². The maximum Gasteiger partial charge on any atom is 0.242 e. The van der Waals surface area contributed by atoms with Crippen LogP contribution in [0.4, 0.5) is 11.4 Å². The number of amidine groups is 1. The van der Waals surface area contributed by atoms with Crippen molar-refractivity contribution in [3.8, 4) is 5.75 Å². The zero-order chi connectivity index (χ0) is 24.1. The Kier molecular flexibility index (Phi) is 7.33. The van der Waals surface area contributed by atoms with Crippen LogP contribution in [0.3, 0.4) is 0 Å². The fourth-order valence-corrected chi connectivity index (χ4v) is 4.88. The van der Waals surface area contributed by atoms with Gasteiger partial charge in [0.1, 0.15) is 11.0 Å². The molecule has 1 atom stereocenters. The lowest BCUT2D eigenvalue weighted by molar-refractivity contribution is -0.128. The van der Waals surface area contributed by atoms with E-state index in [1.807, 2.05) is 86.6 Å². The van der Waals surface area contributed by atoms with E-state index in [2.05, 4.69) is 5.32 Å². The van der Waals surface area contributed by atoms with Crippen LogP contribution in [0.2, 0.25) is 0 Å². The highest BCUT2D eigenvalue weighted by molar-refractivity contribution is 8.15. The van der Waals surface area contributed by atoms with Gasteiger partial charge in [0.15, 0.2) is 5.17 Å². The lowest BCUT2D eigenvalue weighted by atomic mass is 10.1. The summed E-state index contributed by atoms with van der Waals surface area (Å²) in [6.07, 6.45) is 0.0732. The number of carbonyl (C=O) groups is 2. The van der Waals surface area contributed by atoms with Gasteiger partial charge in [0.2, 0.25) is 11.8 Å². The first kappa shape index (κ1) is 23.6. The first-order valence-corrected chi connectivity index (χ1v) is 11.9. The van der Waals surface area contributed by atoms with Crippen LogP contribution in [0.25, 0.3) is 0 Å². The van der Waals surface area contributed by atoms with Crippen molar-refractivity contribution >= 4 is 40.1 Å². The third-order valence-electron chi connectivity index (χ3n) is 5.53. The summed E-state index contributed by atoms with van der Waals surface area (Å²) in [7, 11) is 1.62. The van der Waals surface area contributed by atoms with Gasteiger partial charge in [0, 0.05) is 12.1 Å². The maximum absolute atomic E-state index is 13.4. The Hall–Kier alpha value is -3.58. The highest BCUT2D eigenvalue weighted by atomic mass is 32.2. The molecule has 0 saturated carbocycles. The minimum atomic E-state index is -0.536. The second-order valence-corrected chi connectivity index (χ2v) is 9.35. The van der Waals surface area contributed by atoms with Gasteiger partial charge < -0.3 is 10.1 Å². The molecule has 0 aliphatic carbocycles. The van der Waals surface area contributed by atoms with E-state index in [9.17, 15) is 9.59 Å². The number of benzene rings is 3. The molecule has 6 nitrogen and oxygen atoms in total. The predicted octanol–water partition coefficient (Wildman–Crippen LogP) is 5.47. The van der Waals surface area contributed by atoms with E-state index in [0.717, 1.165) is 33.8 Å². The van der Waals surface area contributed by atoms with E-state index >= 15 is 0 Å². The Morgan fingerprint density at radius 1 is 1.06 bits per heavy atom. The molecule has 4 rings (SSSR count). The van der Waals surface area contributed by atoms with Gasteiger partial charge in [0.25, 0.3) is 0 Å². The van der Waals surface area contributed by atoms with Crippen molar-refractivity contribution in [1.82, 2.24) is 4.90 Å². The molecule has 0 unspecified atom stereocenters. The van der Waals surface area contributed by atoms with Crippen molar-refractivity contribution in [2.45, 2.75) is 32.1 Å². The van der Waals surface area contributed by atoms with Crippen molar-refractivity contribution in [3.63, 3.8) is 0 Å². The van der Waals surface area contributed by atoms with Crippen molar-refractivity contribution in [3.05, 3.63) is 89.5 Å². The summed E-state index contributed by atoms with van der Waals surface area (Å²) in [5.41, 5.74) is 4.60. The fraction of sp³-hybridized carbons (Fsp3) is 0.222. The number of hydrogen-bond donors (Lipinski definition) is 1. The number of aliphatic imine (C=N–C) groups is 1. The molecule has 1 aliphatic heterocycles. The number of aryl methyl sites for hydroxylation is 2. The molecule has 0 aromatic heterocycles. The zero-order valence-electron chi connectivity index (χ0n) is 19.4. The van der Waals surface area contributed by atoms with Crippen LogP contribution in [0, 0.1) is 13.8 Å². The number of rotatable bonds is 7. The quantitative estimate of drug-likeness (QED) is 0.494. The normalized spacial score (nSPS) is 16.7. The standard InChI is InChI=1S/C27H27N3O3S/c1-18-9-14-23(19(2)15-18)29-25(31)16-24-26(32)30(17-20-10-12-22(33-3)13-11-20)27(34-24)28-21-7-5-4-6-8-21/h4-15,24H,16-17H2,1-3H3,(H,29,31)/t24-/m1/s1. The summed E-state index contributed by atoms with van der Waals surface area (Å²) in [4.78, 5) is 32.5. The molecule has 7 heteroatoms. The number of hydrogen-bond acceptors (Lipinski definition) is 5. The maximum atomic E-state index is 13.4. The Bertz CT molecular complexity index is 1210. The fourth-order valence-electron chi connectivity index (χ4n) is 3.72. The molecule has 0 radical (unpaired) electrons. The molecule has 0 spiro atoms. The van der Waals surface area contributed by atoms with Gasteiger partial charge in [-0.25, -0.2) is 4.99 Å². The largest absolute Gasteiger partial charge is 0.497 e. The average Bonchev–Trinajstić information content (AvgIpc) is 3.10. The van der Waals surface area contributed by atoms with E-state index in [0.29, 0.717) is 11.7 Å². The number of nitrogens with zero attached hydrogens (tertiary/aromatic N) is 2. The molecular weight excluding hydrogens is 446 g/mol. The summed E-state index contributed by atoms with van der Waals surface area (Å²) < 4.78 is 5.23. The summed E-state index contributed by atoms with van der Waals surface area (Å²) in [6.45, 7) is 4.34. The van der Waals surface area contributed by atoms with Crippen LogP contribution in [0.15, 0.2) is 77.8 Å². The van der Waals surface area contributed by atoms with Crippen LogP contribution in [0.1, 0.15) is 23.1 Å². The van der Waals surface area contributed by atoms with E-state index in [4.69, 9.17) is 9.73 Å². The summed E-state index contributed by atoms with van der Waals surface area (Å²) in [6, 6.07) is 23.0. The monoisotopic (exact) mass is 473 g/mol. The van der Waals surface area contributed by atoms with E-state index in [1.54, 1.807) is 12.0 Å². The number of methoxy groups -OCH3 is 1. The molecule has 174 valence electrons. The Morgan fingerprint density at radius 3 is 2.47 bits per heavy atom. The lowest BCUT2D eigenvalue weighted by Crippen LogP contribution is -2.33. The molecule has 0 bridgehead atoms. The van der Waals surface area contributed by atoms with E-state index in [-0.39, 0.29) is 18.2 Å². The Morgan fingerprint density at radius 2 is 1.79 bits per heavy atom. The van der Waals surface area contributed by atoms with Gasteiger partial charge in [-0.2, -0.15) is 0 Å². The minimum Gasteiger partial charge on any atom is -0.497 e. The molecule has 1 heterocycles. The molecule has 1 saturated heterocycles. The molecule has 1 aliphatic rings. The third-order valence-corrected chi connectivity index (χ3v) is 6.70.